The fourth-order valence-electron chi connectivity index (χ4n) is 1.99. The maximum absolute atomic E-state index is 11.4. The fraction of sp³-hybridized carbons (Fsp3) is 0. The molecule has 0 bridgehead atoms. The van der Waals surface area contributed by atoms with Gasteiger partial charge < -0.3 is 15.4 Å². The van der Waals surface area contributed by atoms with Crippen LogP contribution in [-0.2, 0) is 0 Å². The van der Waals surface area contributed by atoms with Gasteiger partial charge in [-0.2, -0.15) is 0 Å². The van der Waals surface area contributed by atoms with Crippen LogP contribution in [0.1, 0.15) is 10.5 Å². The second-order valence-corrected chi connectivity index (χ2v) is 4.07. The van der Waals surface area contributed by atoms with Gasteiger partial charge >= 0.3 is 5.97 Å². The van der Waals surface area contributed by atoms with E-state index >= 15 is 0 Å². The Morgan fingerprint density at radius 2 is 2.00 bits per heavy atom. The number of nitrogens with two attached hydrogens (primary N) is 1. The minimum Gasteiger partial charge on any atom is -0.476 e. The molecule has 2 aromatic heterocycles. The van der Waals surface area contributed by atoms with E-state index in [1.54, 1.807) is 41.2 Å². The van der Waals surface area contributed by atoms with Crippen molar-refractivity contribution in [2.24, 2.45) is 0 Å². The van der Waals surface area contributed by atoms with E-state index in [0.29, 0.717) is 22.3 Å². The van der Waals surface area contributed by atoms with Gasteiger partial charge in [-0.3, -0.25) is 0 Å². The molecule has 0 atom stereocenters. The molecule has 94 valence electrons. The molecule has 3 N–H and O–H groups in total. The number of aromatic nitrogens is 3. The van der Waals surface area contributed by atoms with Crippen molar-refractivity contribution in [3.63, 3.8) is 0 Å². The highest BCUT2D eigenvalue weighted by Gasteiger charge is 2.18. The Balaban J connectivity index is 2.31. The first-order valence-corrected chi connectivity index (χ1v) is 5.57. The van der Waals surface area contributed by atoms with Crippen molar-refractivity contribution >= 4 is 22.6 Å². The van der Waals surface area contributed by atoms with Gasteiger partial charge in [0, 0.05) is 29.2 Å². The largest absolute Gasteiger partial charge is 0.476 e. The lowest BCUT2D eigenvalue weighted by molar-refractivity contribution is 0.0690. The van der Waals surface area contributed by atoms with Gasteiger partial charge in [-0.1, -0.05) is 0 Å². The molecule has 2 heterocycles. The quantitative estimate of drug-likeness (QED) is 0.679. The van der Waals surface area contributed by atoms with Crippen LogP contribution in [-0.4, -0.2) is 25.6 Å². The summed E-state index contributed by atoms with van der Waals surface area (Å²) < 4.78 is 1.57. The predicted octanol–water partition coefficient (Wildman–Crippen LogP) is 1.70. The normalized spacial score (nSPS) is 10.7. The second-order valence-electron chi connectivity index (χ2n) is 4.07. The molecule has 0 saturated heterocycles. The van der Waals surface area contributed by atoms with E-state index in [-0.39, 0.29) is 5.69 Å². The summed E-state index contributed by atoms with van der Waals surface area (Å²) in [5.74, 6) is -1.04. The number of carbonyl (C=O) groups is 1. The number of fused-ring (bicyclic) bond motifs is 1. The highest BCUT2D eigenvalue weighted by Crippen LogP contribution is 2.22. The zero-order chi connectivity index (χ0) is 13.4. The van der Waals surface area contributed by atoms with Crippen molar-refractivity contribution in [1.82, 2.24) is 14.5 Å². The Labute approximate surface area is 108 Å². The SMILES string of the molecule is Nc1ccc(-n2cc3cncnc3c2C(=O)O)cc1. The van der Waals surface area contributed by atoms with Crippen molar-refractivity contribution in [3.8, 4) is 5.69 Å². The van der Waals surface area contributed by atoms with Gasteiger partial charge in [0.1, 0.15) is 11.8 Å². The number of carboxylic acid groups (broad SMARTS) is 1. The monoisotopic (exact) mass is 254 g/mol. The molecule has 0 amide bonds. The highest BCUT2D eigenvalue weighted by atomic mass is 16.4. The fourth-order valence-corrected chi connectivity index (χ4v) is 1.99. The van der Waals surface area contributed by atoms with E-state index in [1.807, 2.05) is 0 Å². The van der Waals surface area contributed by atoms with Crippen LogP contribution in [0.2, 0.25) is 0 Å². The minimum atomic E-state index is -1.04. The molecule has 0 aliphatic rings. The van der Waals surface area contributed by atoms with E-state index < -0.39 is 5.97 Å². The van der Waals surface area contributed by atoms with Crippen LogP contribution in [0.3, 0.4) is 0 Å². The maximum Gasteiger partial charge on any atom is 0.355 e. The van der Waals surface area contributed by atoms with Crippen LogP contribution in [0, 0.1) is 0 Å². The Morgan fingerprint density at radius 1 is 1.26 bits per heavy atom. The molecule has 1 aromatic carbocycles. The molecule has 0 unspecified atom stereocenters. The summed E-state index contributed by atoms with van der Waals surface area (Å²) in [5, 5.41) is 10.0. The van der Waals surface area contributed by atoms with Gasteiger partial charge in [0.05, 0.1) is 0 Å². The predicted molar refractivity (Wildman–Crippen MR) is 70.2 cm³/mol. The van der Waals surface area contributed by atoms with Crippen LogP contribution in [0.25, 0.3) is 16.6 Å². The Hall–Kier alpha value is -2.89. The average molecular weight is 254 g/mol. The summed E-state index contributed by atoms with van der Waals surface area (Å²) >= 11 is 0. The third-order valence-electron chi connectivity index (χ3n) is 2.85. The number of aromatic carboxylic acids is 1. The number of anilines is 1. The van der Waals surface area contributed by atoms with Gasteiger partial charge in [0.15, 0.2) is 5.69 Å². The Kier molecular flexibility index (Phi) is 2.42. The molecule has 0 fully saturated rings. The van der Waals surface area contributed by atoms with Crippen LogP contribution in [0.15, 0.2) is 43.0 Å². The lowest BCUT2D eigenvalue weighted by atomic mass is 10.2. The van der Waals surface area contributed by atoms with Crippen molar-refractivity contribution in [2.75, 3.05) is 5.73 Å². The van der Waals surface area contributed by atoms with Gasteiger partial charge in [0.2, 0.25) is 0 Å². The standard InChI is InChI=1S/C13H10N4O2/c14-9-1-3-10(4-2-9)17-6-8-5-15-7-16-11(8)12(17)13(18)19/h1-7H,14H2,(H,18,19). The van der Waals surface area contributed by atoms with Crippen molar-refractivity contribution in [1.29, 1.82) is 0 Å². The molecule has 3 rings (SSSR count). The Morgan fingerprint density at radius 3 is 2.68 bits per heavy atom. The minimum absolute atomic E-state index is 0.113. The number of hydrogen-bond acceptors (Lipinski definition) is 4. The number of rotatable bonds is 2. The van der Waals surface area contributed by atoms with Gasteiger partial charge in [0.25, 0.3) is 0 Å². The topological polar surface area (TPSA) is 94.0 Å². The highest BCUT2D eigenvalue weighted by molar-refractivity contribution is 6.01. The molecule has 3 aromatic rings. The molecular formula is C13H10N4O2. The summed E-state index contributed by atoms with van der Waals surface area (Å²) in [4.78, 5) is 19.4. The van der Waals surface area contributed by atoms with Crippen LogP contribution in [0.5, 0.6) is 0 Å². The number of benzene rings is 1. The zero-order valence-electron chi connectivity index (χ0n) is 9.82. The van der Waals surface area contributed by atoms with Gasteiger partial charge in [-0.05, 0) is 24.3 Å². The van der Waals surface area contributed by atoms with Gasteiger partial charge in [-0.25, -0.2) is 14.8 Å². The van der Waals surface area contributed by atoms with E-state index in [1.165, 1.54) is 6.33 Å². The van der Waals surface area contributed by atoms with Gasteiger partial charge in [-0.15, -0.1) is 0 Å². The number of nitrogens with zero attached hydrogens (tertiary/aromatic N) is 3. The smallest absolute Gasteiger partial charge is 0.355 e. The van der Waals surface area contributed by atoms with Crippen molar-refractivity contribution in [3.05, 3.63) is 48.7 Å². The van der Waals surface area contributed by atoms with Crippen LogP contribution in [0.4, 0.5) is 5.69 Å². The van der Waals surface area contributed by atoms with Crippen LogP contribution < -0.4 is 5.73 Å². The Bertz CT molecular complexity index is 762. The lowest BCUT2D eigenvalue weighted by Gasteiger charge is -2.06. The lowest BCUT2D eigenvalue weighted by Crippen LogP contribution is -2.06. The number of carboxylic acids is 1. The van der Waals surface area contributed by atoms with Crippen molar-refractivity contribution < 1.29 is 9.90 Å². The number of nitrogen functional groups attached to an aromatic ring is 1. The summed E-state index contributed by atoms with van der Waals surface area (Å²) in [6.07, 6.45) is 4.62. The van der Waals surface area contributed by atoms with E-state index in [9.17, 15) is 9.90 Å². The molecule has 6 heteroatoms. The van der Waals surface area contributed by atoms with E-state index in [0.717, 1.165) is 0 Å². The average Bonchev–Trinajstić information content (AvgIpc) is 2.78. The summed E-state index contributed by atoms with van der Waals surface area (Å²) in [5.41, 5.74) is 7.49. The molecule has 0 aliphatic carbocycles. The molecule has 0 radical (unpaired) electrons. The molecule has 0 saturated carbocycles. The molecule has 6 nitrogen and oxygen atoms in total. The third kappa shape index (κ3) is 1.79. The van der Waals surface area contributed by atoms with E-state index in [2.05, 4.69) is 9.97 Å². The maximum atomic E-state index is 11.4. The van der Waals surface area contributed by atoms with Crippen molar-refractivity contribution in [2.45, 2.75) is 0 Å². The molecule has 0 spiro atoms. The third-order valence-corrected chi connectivity index (χ3v) is 2.85. The first-order valence-electron chi connectivity index (χ1n) is 5.57. The molecule has 19 heavy (non-hydrogen) atoms. The number of hydrogen-bond donors (Lipinski definition) is 2. The molecular weight excluding hydrogens is 244 g/mol. The van der Waals surface area contributed by atoms with Crippen LogP contribution >= 0.6 is 0 Å². The zero-order valence-corrected chi connectivity index (χ0v) is 9.82. The van der Waals surface area contributed by atoms with E-state index in [4.69, 9.17) is 5.73 Å². The summed E-state index contributed by atoms with van der Waals surface area (Å²) in [6, 6.07) is 6.96. The second kappa shape index (κ2) is 4.09. The first kappa shape index (κ1) is 11.2. The summed E-state index contributed by atoms with van der Waals surface area (Å²) in [7, 11) is 0. The molecule has 0 aliphatic heterocycles. The first-order chi connectivity index (χ1) is 9.16. The summed E-state index contributed by atoms with van der Waals surface area (Å²) in [6.45, 7) is 0.